The molecule has 1 fully saturated rings. The van der Waals surface area contributed by atoms with Gasteiger partial charge in [-0.3, -0.25) is 9.59 Å². The van der Waals surface area contributed by atoms with E-state index >= 15 is 0 Å². The first kappa shape index (κ1) is 13.0. The Balaban J connectivity index is 2.14. The maximum Gasteiger partial charge on any atom is 0.303 e. The third-order valence-electron chi connectivity index (χ3n) is 2.64. The molecule has 0 aromatic carbocycles. The Morgan fingerprint density at radius 2 is 2.31 bits per heavy atom. The van der Waals surface area contributed by atoms with Gasteiger partial charge in [-0.25, -0.2) is 0 Å². The SMILES string of the molecule is CC(CCCC(=O)O)NC(=O)[C@H]1CCCO1. The van der Waals surface area contributed by atoms with Crippen LogP contribution in [0.5, 0.6) is 0 Å². The number of hydrogen-bond acceptors (Lipinski definition) is 3. The summed E-state index contributed by atoms with van der Waals surface area (Å²) >= 11 is 0. The van der Waals surface area contributed by atoms with Gasteiger partial charge in [0.05, 0.1) is 0 Å². The molecule has 0 bridgehead atoms. The minimum atomic E-state index is -0.794. The van der Waals surface area contributed by atoms with Crippen LogP contribution in [0.25, 0.3) is 0 Å². The molecule has 0 saturated carbocycles. The molecule has 1 rings (SSSR count). The molecule has 1 aliphatic rings. The lowest BCUT2D eigenvalue weighted by atomic mass is 10.1. The van der Waals surface area contributed by atoms with Gasteiger partial charge in [0, 0.05) is 19.1 Å². The van der Waals surface area contributed by atoms with E-state index in [4.69, 9.17) is 9.84 Å². The number of carboxylic acids is 1. The maximum atomic E-state index is 11.6. The first-order chi connectivity index (χ1) is 7.59. The number of ether oxygens (including phenoxy) is 1. The zero-order valence-corrected chi connectivity index (χ0v) is 9.57. The van der Waals surface area contributed by atoms with E-state index < -0.39 is 5.97 Å². The second-order valence-corrected chi connectivity index (χ2v) is 4.20. The van der Waals surface area contributed by atoms with Crippen LogP contribution in [0, 0.1) is 0 Å². The van der Waals surface area contributed by atoms with Gasteiger partial charge in [-0.05, 0) is 32.6 Å². The maximum absolute atomic E-state index is 11.6. The molecule has 0 aromatic rings. The van der Waals surface area contributed by atoms with Crippen LogP contribution in [0.4, 0.5) is 0 Å². The third-order valence-corrected chi connectivity index (χ3v) is 2.64. The third kappa shape index (κ3) is 4.61. The molecular formula is C11H19NO4. The zero-order chi connectivity index (χ0) is 12.0. The highest BCUT2D eigenvalue weighted by Gasteiger charge is 2.24. The Labute approximate surface area is 95.2 Å². The number of amides is 1. The first-order valence-electron chi connectivity index (χ1n) is 5.73. The summed E-state index contributed by atoms with van der Waals surface area (Å²) < 4.78 is 5.25. The molecule has 0 aromatic heterocycles. The van der Waals surface area contributed by atoms with Gasteiger partial charge in [0.1, 0.15) is 6.10 Å². The topological polar surface area (TPSA) is 75.6 Å². The van der Waals surface area contributed by atoms with E-state index in [0.717, 1.165) is 12.8 Å². The highest BCUT2D eigenvalue weighted by molar-refractivity contribution is 5.81. The van der Waals surface area contributed by atoms with Crippen molar-refractivity contribution in [3.63, 3.8) is 0 Å². The van der Waals surface area contributed by atoms with Crippen LogP contribution in [0.1, 0.15) is 39.0 Å². The largest absolute Gasteiger partial charge is 0.481 e. The zero-order valence-electron chi connectivity index (χ0n) is 9.57. The average Bonchev–Trinajstić information content (AvgIpc) is 2.69. The van der Waals surface area contributed by atoms with Crippen LogP contribution >= 0.6 is 0 Å². The summed E-state index contributed by atoms with van der Waals surface area (Å²) in [7, 11) is 0. The van der Waals surface area contributed by atoms with Gasteiger partial charge in [-0.15, -0.1) is 0 Å². The van der Waals surface area contributed by atoms with Crippen LogP contribution in [0.3, 0.4) is 0 Å². The van der Waals surface area contributed by atoms with Gasteiger partial charge in [-0.1, -0.05) is 0 Å². The summed E-state index contributed by atoms with van der Waals surface area (Å²) in [6.45, 7) is 2.54. The molecular weight excluding hydrogens is 210 g/mol. The molecule has 1 aliphatic heterocycles. The van der Waals surface area contributed by atoms with E-state index in [1.54, 1.807) is 0 Å². The summed E-state index contributed by atoms with van der Waals surface area (Å²) in [6, 6.07) is 0.0102. The Hall–Kier alpha value is -1.10. The monoisotopic (exact) mass is 229 g/mol. The lowest BCUT2D eigenvalue weighted by molar-refractivity contribution is -0.137. The molecule has 1 saturated heterocycles. The summed E-state index contributed by atoms with van der Waals surface area (Å²) in [5, 5.41) is 11.3. The van der Waals surface area contributed by atoms with Crippen molar-refractivity contribution in [2.24, 2.45) is 0 Å². The minimum Gasteiger partial charge on any atom is -0.481 e. The summed E-state index contributed by atoms with van der Waals surface area (Å²) in [4.78, 5) is 21.9. The fourth-order valence-corrected chi connectivity index (χ4v) is 1.75. The fourth-order valence-electron chi connectivity index (χ4n) is 1.75. The number of carboxylic acid groups (broad SMARTS) is 1. The van der Waals surface area contributed by atoms with Crippen LogP contribution in [0.2, 0.25) is 0 Å². The van der Waals surface area contributed by atoms with Crippen LogP contribution < -0.4 is 5.32 Å². The summed E-state index contributed by atoms with van der Waals surface area (Å²) in [6.07, 6.45) is 2.84. The fraction of sp³-hybridized carbons (Fsp3) is 0.818. The molecule has 1 amide bonds. The molecule has 2 atom stereocenters. The molecule has 92 valence electrons. The van der Waals surface area contributed by atoms with Crippen molar-refractivity contribution in [2.75, 3.05) is 6.61 Å². The number of carbonyl (C=O) groups is 2. The summed E-state index contributed by atoms with van der Waals surface area (Å²) in [5.74, 6) is -0.863. The smallest absolute Gasteiger partial charge is 0.303 e. The lowest BCUT2D eigenvalue weighted by Gasteiger charge is -2.16. The molecule has 0 spiro atoms. The Morgan fingerprint density at radius 1 is 1.56 bits per heavy atom. The van der Waals surface area contributed by atoms with Crippen molar-refractivity contribution in [1.82, 2.24) is 5.32 Å². The predicted octanol–water partition coefficient (Wildman–Crippen LogP) is 0.925. The minimum absolute atomic E-state index is 0.0102. The van der Waals surface area contributed by atoms with Crippen molar-refractivity contribution >= 4 is 11.9 Å². The molecule has 0 radical (unpaired) electrons. The van der Waals surface area contributed by atoms with E-state index in [2.05, 4.69) is 5.32 Å². The van der Waals surface area contributed by atoms with Gasteiger partial charge in [0.15, 0.2) is 0 Å². The molecule has 5 nitrogen and oxygen atoms in total. The van der Waals surface area contributed by atoms with E-state index in [0.29, 0.717) is 19.4 Å². The number of aliphatic carboxylic acids is 1. The van der Waals surface area contributed by atoms with E-state index in [1.165, 1.54) is 0 Å². The molecule has 1 unspecified atom stereocenters. The number of carbonyl (C=O) groups excluding carboxylic acids is 1. The van der Waals surface area contributed by atoms with E-state index in [1.807, 2.05) is 6.92 Å². The molecule has 16 heavy (non-hydrogen) atoms. The highest BCUT2D eigenvalue weighted by Crippen LogP contribution is 2.12. The number of hydrogen-bond donors (Lipinski definition) is 2. The Bertz CT molecular complexity index is 248. The van der Waals surface area contributed by atoms with Crippen molar-refractivity contribution < 1.29 is 19.4 Å². The van der Waals surface area contributed by atoms with Gasteiger partial charge >= 0.3 is 5.97 Å². The van der Waals surface area contributed by atoms with Gasteiger partial charge in [-0.2, -0.15) is 0 Å². The molecule has 2 N–H and O–H groups in total. The quantitative estimate of drug-likeness (QED) is 0.710. The van der Waals surface area contributed by atoms with Crippen molar-refractivity contribution in [3.8, 4) is 0 Å². The van der Waals surface area contributed by atoms with Crippen LogP contribution in [0.15, 0.2) is 0 Å². The van der Waals surface area contributed by atoms with Gasteiger partial charge in [0.2, 0.25) is 5.91 Å². The average molecular weight is 229 g/mol. The molecule has 0 aliphatic carbocycles. The lowest BCUT2D eigenvalue weighted by Crippen LogP contribution is -2.39. The van der Waals surface area contributed by atoms with E-state index in [-0.39, 0.29) is 24.5 Å². The normalized spacial score (nSPS) is 21.7. The standard InChI is InChI=1S/C11H19NO4/c1-8(4-2-6-10(13)14)12-11(15)9-5-3-7-16-9/h8-9H,2-7H2,1H3,(H,12,15)(H,13,14)/t8?,9-/m1/s1. The molecule has 5 heteroatoms. The van der Waals surface area contributed by atoms with Crippen molar-refractivity contribution in [1.29, 1.82) is 0 Å². The number of rotatable bonds is 6. The summed E-state index contributed by atoms with van der Waals surface area (Å²) in [5.41, 5.74) is 0. The van der Waals surface area contributed by atoms with Crippen molar-refractivity contribution in [2.45, 2.75) is 51.2 Å². The highest BCUT2D eigenvalue weighted by atomic mass is 16.5. The Morgan fingerprint density at radius 3 is 2.88 bits per heavy atom. The van der Waals surface area contributed by atoms with Gasteiger partial charge in [0.25, 0.3) is 0 Å². The van der Waals surface area contributed by atoms with Crippen LogP contribution in [-0.2, 0) is 14.3 Å². The number of nitrogens with one attached hydrogen (secondary N) is 1. The second kappa shape index (κ2) is 6.48. The predicted molar refractivity (Wildman–Crippen MR) is 58.1 cm³/mol. The van der Waals surface area contributed by atoms with Crippen molar-refractivity contribution in [3.05, 3.63) is 0 Å². The Kier molecular flexibility index (Phi) is 5.25. The van der Waals surface area contributed by atoms with E-state index in [9.17, 15) is 9.59 Å². The van der Waals surface area contributed by atoms with Crippen LogP contribution in [-0.4, -0.2) is 35.7 Å². The van der Waals surface area contributed by atoms with Gasteiger partial charge < -0.3 is 15.2 Å². The molecule has 1 heterocycles. The second-order valence-electron chi connectivity index (χ2n) is 4.20. The first-order valence-corrected chi connectivity index (χ1v) is 5.73.